The third-order valence-corrected chi connectivity index (χ3v) is 20.9. The molecule has 21 aliphatic heterocycles. The van der Waals surface area contributed by atoms with Gasteiger partial charge < -0.3 is 188 Å². The maximum Gasteiger partial charge on any atom is 0.321 e. The number of carboxylic acids is 2. The second-order valence-corrected chi connectivity index (χ2v) is 27.9. The van der Waals surface area contributed by atoms with Gasteiger partial charge in [0.25, 0.3) is 0 Å². The van der Waals surface area contributed by atoms with Gasteiger partial charge >= 0.3 is 11.9 Å². The average molecular weight is 1540 g/mol. The van der Waals surface area contributed by atoms with Crippen molar-refractivity contribution in [2.45, 2.75) is 247 Å². The molecule has 0 radical (unpaired) electrons. The number of hydrogen-bond donors (Lipinski definition) is 22. The molecule has 0 aromatic heterocycles. The van der Waals surface area contributed by atoms with Gasteiger partial charge in [-0.05, 0) is 14.0 Å². The quantitative estimate of drug-likeness (QED) is 0.0340. The van der Waals surface area contributed by atoms with Crippen molar-refractivity contribution in [1.29, 1.82) is 0 Å². The number of likely N-dealkylation sites (N-methyl/N-ethyl adjacent to an activating group) is 1. The van der Waals surface area contributed by atoms with Crippen molar-refractivity contribution >= 4 is 47.0 Å². The highest BCUT2D eigenvalue weighted by Gasteiger charge is 2.60. The van der Waals surface area contributed by atoms with Crippen molar-refractivity contribution in [3.63, 3.8) is 0 Å². The van der Waals surface area contributed by atoms with Gasteiger partial charge in [0.05, 0.1) is 77.6 Å². The van der Waals surface area contributed by atoms with Crippen LogP contribution in [0.15, 0.2) is 0 Å². The summed E-state index contributed by atoms with van der Waals surface area (Å²) in [5.74, 6) is -6.08. The van der Waals surface area contributed by atoms with Gasteiger partial charge in [-0.1, -0.05) is 0 Å². The first-order chi connectivity index (χ1) is 49.0. The van der Waals surface area contributed by atoms with Gasteiger partial charge in [-0.25, -0.2) is 0 Å². The molecule has 0 aromatic rings. The molecule has 21 heterocycles. The van der Waals surface area contributed by atoms with Crippen LogP contribution in [-0.2, 0) is 95.0 Å². The zero-order valence-electron chi connectivity index (χ0n) is 55.5. The number of ketones is 2. The molecule has 42 nitrogen and oxygen atoms in total. The van der Waals surface area contributed by atoms with Gasteiger partial charge in [-0.15, -0.1) is 0 Å². The van der Waals surface area contributed by atoms with Gasteiger partial charge in [-0.3, -0.25) is 19.2 Å². The summed E-state index contributed by atoms with van der Waals surface area (Å²) in [5, 5.41) is 239. The number of carbonyl (C=O) groups excluding carboxylic acids is 2. The Labute approximate surface area is 595 Å². The molecular formula is C59H97NO41S2. The fourth-order valence-electron chi connectivity index (χ4n) is 12.6. The SMILES string of the molecule is CN[C@H](CSCC1O[C@H]2O[C@H]3C(CO)O[C@H](O[C@@H]4C(CO)O[C@H](O[C@@H]5C(CO)O[C@H](O[C@@H]6C(CSC[C@@H](CC(=O)CCOCCOCCC(C)=O)C(=O)O)O[C@H](O[C@@H]7C(CO)O[C@@H](O[C@H]8C(CO)O[C@H](O[C@H]1[C@H](O)C2O)C(O)[C@H]8O)C(O)[C@H]7O)C(O)[C@H]6O)C(O)[C@H]5O)C(O)[C@H]4O)C(O)[C@H]3O)C(=O)O. The smallest absolute Gasteiger partial charge is 0.321 e. The summed E-state index contributed by atoms with van der Waals surface area (Å²) in [5.41, 5.74) is 0. The summed E-state index contributed by atoms with van der Waals surface area (Å²) in [6.45, 7) is -3.91. The van der Waals surface area contributed by atoms with Crippen LogP contribution in [0.25, 0.3) is 0 Å². The van der Waals surface area contributed by atoms with Gasteiger partial charge in [-0.2, -0.15) is 23.5 Å². The number of aliphatic hydroxyl groups excluding tert-OH is 19. The number of rotatable bonds is 27. The summed E-state index contributed by atoms with van der Waals surface area (Å²) in [6.07, 6.45) is -73.1. The fraction of sp³-hybridized carbons (Fsp3) is 0.932. The standard InChI is InChI=1S/C59H97NO41S2/c1-19(66)3-5-86-7-8-87-6-4-21(67)9-20(51(82)83)15-102-17-28-49-35(73)42(80)58(93-28)98-47-26(13-64)89-55(38(76)31(47)69)97-46-25(12-63)92-57(41(79)34(46)72)101-50-29(18-103-16-22(60-2)52(84)85)94-59(43(81)36(50)74)99-48-27(14-65)90-54(39(77)32(48)70)95-44-23(10-61)88-53(37(75)30(44)68)96-45-24(11-62)91-56(100-49)40(78)33(45)71/h20,22-50,53-65,68-81H,3-18H2,1-2H3,(H,82,83)(H,84,85)/t20-,22-,23?,24?,25?,26?,27?,28?,29?,30-,31-,32-,33-,34-,35-,36-,37?,38?,39?,40?,41?,42?,43?,44-,45-,46+,47-,48+,49-,50-,53-,54-,55+,56-,57-,58-,59+/m1/s1. The molecule has 14 unspecified atom stereocenters. The van der Waals surface area contributed by atoms with Crippen LogP contribution in [0.3, 0.4) is 0 Å². The number of carbonyl (C=O) groups is 4. The Morgan fingerprint density at radius 3 is 0.845 bits per heavy atom. The molecule has 596 valence electrons. The number of carboxylic acid groups (broad SMARTS) is 2. The molecule has 0 aromatic carbocycles. The van der Waals surface area contributed by atoms with E-state index in [4.69, 9.17) is 75.8 Å². The van der Waals surface area contributed by atoms with Crippen LogP contribution in [0, 0.1) is 5.92 Å². The van der Waals surface area contributed by atoms with E-state index in [9.17, 15) is 126 Å². The summed E-state index contributed by atoms with van der Waals surface area (Å²) < 4.78 is 93.3. The molecule has 14 bridgehead atoms. The van der Waals surface area contributed by atoms with E-state index in [1.165, 1.54) is 14.0 Å². The Kier molecular flexibility index (Phi) is 33.4. The van der Waals surface area contributed by atoms with E-state index >= 15 is 0 Å². The van der Waals surface area contributed by atoms with Gasteiger partial charge in [0, 0.05) is 42.3 Å². The summed E-state index contributed by atoms with van der Waals surface area (Å²) in [7, 11) is 1.35. The topological polar surface area (TPSA) is 653 Å². The Bertz CT molecular complexity index is 2610. The highest BCUT2D eigenvalue weighted by atomic mass is 32.2. The van der Waals surface area contributed by atoms with Crippen molar-refractivity contribution in [2.24, 2.45) is 5.92 Å². The first-order valence-corrected chi connectivity index (χ1v) is 35.5. The largest absolute Gasteiger partial charge is 0.481 e. The average Bonchev–Trinajstić information content (AvgIpc) is 0.785. The molecule has 0 spiro atoms. The number of aliphatic hydroxyl groups is 19. The Hall–Kier alpha value is -2.46. The summed E-state index contributed by atoms with van der Waals surface area (Å²) >= 11 is 1.66. The van der Waals surface area contributed by atoms with Crippen molar-refractivity contribution < 1.29 is 202 Å². The lowest BCUT2D eigenvalue weighted by Gasteiger charge is -2.50. The number of thioether (sulfide) groups is 2. The molecular weight excluding hydrogens is 1440 g/mol. The van der Waals surface area contributed by atoms with E-state index in [-0.39, 0.29) is 62.3 Å². The molecule has 0 aliphatic carbocycles. The van der Waals surface area contributed by atoms with Gasteiger partial charge in [0.15, 0.2) is 44.0 Å². The van der Waals surface area contributed by atoms with Crippen molar-refractivity contribution in [3.05, 3.63) is 0 Å². The van der Waals surface area contributed by atoms with Crippen LogP contribution >= 0.6 is 23.5 Å². The molecule has 44 heteroatoms. The van der Waals surface area contributed by atoms with Crippen LogP contribution in [0.5, 0.6) is 0 Å². The van der Waals surface area contributed by atoms with Crippen molar-refractivity contribution in [1.82, 2.24) is 5.32 Å². The molecule has 21 fully saturated rings. The summed E-state index contributed by atoms with van der Waals surface area (Å²) in [6, 6.07) is -1.18. The number of nitrogens with one attached hydrogen (secondary N) is 1. The van der Waals surface area contributed by atoms with Crippen LogP contribution < -0.4 is 5.32 Å². The lowest BCUT2D eigenvalue weighted by molar-refractivity contribution is -0.395. The zero-order valence-corrected chi connectivity index (χ0v) is 57.2. The maximum absolute atomic E-state index is 13.0. The molecule has 21 saturated heterocycles. The lowest BCUT2D eigenvalue weighted by atomic mass is 9.95. The summed E-state index contributed by atoms with van der Waals surface area (Å²) in [4.78, 5) is 48.7. The van der Waals surface area contributed by atoms with E-state index in [1.807, 2.05) is 0 Å². The minimum Gasteiger partial charge on any atom is -0.481 e. The molecule has 21 aliphatic rings. The first-order valence-electron chi connectivity index (χ1n) is 33.2. The third-order valence-electron chi connectivity index (χ3n) is 18.6. The fourth-order valence-corrected chi connectivity index (χ4v) is 15.0. The molecule has 22 N–H and O–H groups in total. The highest BCUT2D eigenvalue weighted by molar-refractivity contribution is 7.99. The van der Waals surface area contributed by atoms with Crippen LogP contribution in [-0.4, -0.2) is 441 Å². The van der Waals surface area contributed by atoms with Crippen LogP contribution in [0.4, 0.5) is 0 Å². The van der Waals surface area contributed by atoms with Crippen molar-refractivity contribution in [3.8, 4) is 0 Å². The number of ether oxygens (including phenoxy) is 16. The normalized spacial score (nSPS) is 44.9. The first kappa shape index (κ1) is 86.1. The van der Waals surface area contributed by atoms with Crippen LogP contribution in [0.1, 0.15) is 26.2 Å². The molecule has 103 heavy (non-hydrogen) atoms. The minimum atomic E-state index is -2.31. The van der Waals surface area contributed by atoms with Crippen molar-refractivity contribution in [2.75, 3.05) is 89.5 Å². The third kappa shape index (κ3) is 21.0. The monoisotopic (exact) mass is 1540 g/mol. The Morgan fingerprint density at radius 2 is 0.602 bits per heavy atom. The second-order valence-electron chi connectivity index (χ2n) is 25.7. The molecule has 0 saturated carbocycles. The molecule has 37 atom stereocenters. The van der Waals surface area contributed by atoms with E-state index in [0.29, 0.717) is 0 Å². The second kappa shape index (κ2) is 40.0. The van der Waals surface area contributed by atoms with Gasteiger partial charge in [0.1, 0.15) is 176 Å². The van der Waals surface area contributed by atoms with E-state index in [2.05, 4.69) is 5.32 Å². The minimum absolute atomic E-state index is 0.0645. The highest BCUT2D eigenvalue weighted by Crippen LogP contribution is 2.40. The molecule has 0 amide bonds. The maximum atomic E-state index is 13.0. The number of aliphatic carboxylic acids is 2. The Balaban J connectivity index is 1.08. The number of Topliss-reactive ketones (excluding diaryl/α,β-unsaturated/α-hetero) is 2. The zero-order chi connectivity index (χ0) is 75.4. The number of hydrogen-bond acceptors (Lipinski definition) is 42. The van der Waals surface area contributed by atoms with E-state index < -0.39 is 290 Å². The lowest BCUT2D eigenvalue weighted by Crippen LogP contribution is -2.68. The van der Waals surface area contributed by atoms with Crippen LogP contribution in [0.2, 0.25) is 0 Å². The molecule has 21 rings (SSSR count). The predicted molar refractivity (Wildman–Crippen MR) is 332 cm³/mol. The van der Waals surface area contributed by atoms with Gasteiger partial charge in [0.2, 0.25) is 0 Å². The predicted octanol–water partition coefficient (Wildman–Crippen LogP) is -13.0. The van der Waals surface area contributed by atoms with E-state index in [0.717, 1.165) is 23.5 Å². The Morgan fingerprint density at radius 1 is 0.350 bits per heavy atom. The van der Waals surface area contributed by atoms with E-state index in [1.54, 1.807) is 0 Å².